The lowest BCUT2D eigenvalue weighted by Gasteiger charge is -2.15. The summed E-state index contributed by atoms with van der Waals surface area (Å²) in [6.45, 7) is 1.42. The van der Waals surface area contributed by atoms with E-state index in [9.17, 15) is 5.11 Å². The van der Waals surface area contributed by atoms with Crippen molar-refractivity contribution in [3.8, 4) is 11.5 Å². The van der Waals surface area contributed by atoms with Crippen LogP contribution in [-0.2, 0) is 0 Å². The molecular formula is C23H21Cl3N2O3. The van der Waals surface area contributed by atoms with E-state index in [2.05, 4.69) is 16.4 Å². The Labute approximate surface area is 194 Å². The first kappa shape index (κ1) is 22.1. The fourth-order valence-electron chi connectivity index (χ4n) is 3.35. The standard InChI is InChI=1S/C23H21Cl3N2O3/c24-16-10-18(26)22(11-17(16)25)30-9-8-27-12-14(29)13-31-21-7-3-6-20-23(21)15-4-1-2-5-19(15)28-20/h1-7,10-11,14,27-29H,8-9,12-13H2. The van der Waals surface area contributed by atoms with E-state index in [4.69, 9.17) is 44.3 Å². The van der Waals surface area contributed by atoms with Crippen LogP contribution in [0.4, 0.5) is 0 Å². The Morgan fingerprint density at radius 1 is 0.871 bits per heavy atom. The highest BCUT2D eigenvalue weighted by atomic mass is 35.5. The predicted octanol–water partition coefficient (Wildman–Crippen LogP) is 5.69. The van der Waals surface area contributed by atoms with Gasteiger partial charge in [0.15, 0.2) is 0 Å². The second-order valence-corrected chi connectivity index (χ2v) is 8.29. The molecule has 3 aromatic carbocycles. The van der Waals surface area contributed by atoms with Gasteiger partial charge in [-0.3, -0.25) is 0 Å². The summed E-state index contributed by atoms with van der Waals surface area (Å²) in [5, 5.41) is 16.7. The normalized spacial score (nSPS) is 12.4. The van der Waals surface area contributed by atoms with E-state index >= 15 is 0 Å². The molecule has 0 aliphatic rings. The number of H-pyrrole nitrogens is 1. The van der Waals surface area contributed by atoms with Gasteiger partial charge in [-0.1, -0.05) is 59.1 Å². The lowest BCUT2D eigenvalue weighted by molar-refractivity contribution is 0.106. The Hall–Kier alpha value is -2.15. The number of fused-ring (bicyclic) bond motifs is 3. The first-order chi connectivity index (χ1) is 15.0. The second-order valence-electron chi connectivity index (χ2n) is 7.06. The smallest absolute Gasteiger partial charge is 0.139 e. The van der Waals surface area contributed by atoms with Gasteiger partial charge in [-0.15, -0.1) is 0 Å². The van der Waals surface area contributed by atoms with Crippen molar-refractivity contribution < 1.29 is 14.6 Å². The van der Waals surface area contributed by atoms with E-state index < -0.39 is 6.10 Å². The number of aliphatic hydroxyl groups is 1. The summed E-state index contributed by atoms with van der Waals surface area (Å²) in [4.78, 5) is 3.38. The molecule has 162 valence electrons. The average molecular weight is 480 g/mol. The largest absolute Gasteiger partial charge is 0.491 e. The molecule has 0 fully saturated rings. The zero-order valence-electron chi connectivity index (χ0n) is 16.5. The number of nitrogens with one attached hydrogen (secondary N) is 2. The fraction of sp³-hybridized carbons (Fsp3) is 0.217. The number of hydrogen-bond donors (Lipinski definition) is 3. The zero-order valence-corrected chi connectivity index (χ0v) is 18.8. The third-order valence-electron chi connectivity index (χ3n) is 4.81. The highest BCUT2D eigenvalue weighted by Crippen LogP contribution is 2.34. The van der Waals surface area contributed by atoms with Crippen LogP contribution in [0.3, 0.4) is 0 Å². The van der Waals surface area contributed by atoms with E-state index in [1.807, 2.05) is 36.4 Å². The molecule has 5 nitrogen and oxygen atoms in total. The molecule has 1 atom stereocenters. The van der Waals surface area contributed by atoms with Crippen LogP contribution in [0.1, 0.15) is 0 Å². The highest BCUT2D eigenvalue weighted by Gasteiger charge is 2.12. The Kier molecular flexibility index (Phi) is 7.10. The van der Waals surface area contributed by atoms with Gasteiger partial charge in [-0.05, 0) is 24.3 Å². The monoisotopic (exact) mass is 478 g/mol. The minimum absolute atomic E-state index is 0.172. The Balaban J connectivity index is 1.26. The summed E-state index contributed by atoms with van der Waals surface area (Å²) in [5.74, 6) is 1.21. The van der Waals surface area contributed by atoms with E-state index in [1.54, 1.807) is 12.1 Å². The van der Waals surface area contributed by atoms with Crippen LogP contribution in [-0.4, -0.2) is 42.5 Å². The van der Waals surface area contributed by atoms with Gasteiger partial charge in [0, 0.05) is 35.4 Å². The van der Waals surface area contributed by atoms with Crippen molar-refractivity contribution >= 4 is 56.6 Å². The first-order valence-corrected chi connectivity index (χ1v) is 10.9. The minimum atomic E-state index is -0.672. The van der Waals surface area contributed by atoms with Crippen molar-refractivity contribution in [2.75, 3.05) is 26.3 Å². The summed E-state index contributed by atoms with van der Waals surface area (Å²) in [6, 6.07) is 17.1. The van der Waals surface area contributed by atoms with Crippen LogP contribution >= 0.6 is 34.8 Å². The molecule has 1 unspecified atom stereocenters. The molecule has 8 heteroatoms. The molecule has 0 saturated carbocycles. The Bertz CT molecular complexity index is 1200. The SMILES string of the molecule is OC(CNCCOc1cc(Cl)c(Cl)cc1Cl)COc1cccc2[nH]c3ccccc3c12. The van der Waals surface area contributed by atoms with Gasteiger partial charge in [0.1, 0.15) is 30.8 Å². The summed E-state index contributed by atoms with van der Waals surface area (Å²) >= 11 is 18.0. The van der Waals surface area contributed by atoms with Crippen molar-refractivity contribution in [2.45, 2.75) is 6.10 Å². The fourth-order valence-corrected chi connectivity index (χ4v) is 3.94. The molecule has 0 aliphatic heterocycles. The Morgan fingerprint density at radius 2 is 1.65 bits per heavy atom. The number of benzene rings is 3. The minimum Gasteiger partial charge on any atom is -0.491 e. The summed E-state index contributed by atoms with van der Waals surface area (Å²) in [5.41, 5.74) is 2.06. The number of hydrogen-bond acceptors (Lipinski definition) is 4. The average Bonchev–Trinajstić information content (AvgIpc) is 3.14. The lowest BCUT2D eigenvalue weighted by Crippen LogP contribution is -2.33. The molecule has 0 amide bonds. The molecule has 3 N–H and O–H groups in total. The third-order valence-corrected chi connectivity index (χ3v) is 5.83. The van der Waals surface area contributed by atoms with Gasteiger partial charge < -0.3 is 24.9 Å². The van der Waals surface area contributed by atoms with Crippen LogP contribution in [0.25, 0.3) is 21.8 Å². The Morgan fingerprint density at radius 3 is 2.52 bits per heavy atom. The van der Waals surface area contributed by atoms with Gasteiger partial charge in [0.25, 0.3) is 0 Å². The number of halogens is 3. The van der Waals surface area contributed by atoms with E-state index in [-0.39, 0.29) is 6.61 Å². The molecule has 0 aliphatic carbocycles. The number of aromatic nitrogens is 1. The molecule has 4 rings (SSSR count). The first-order valence-electron chi connectivity index (χ1n) is 9.81. The molecular weight excluding hydrogens is 459 g/mol. The van der Waals surface area contributed by atoms with Crippen molar-refractivity contribution in [3.63, 3.8) is 0 Å². The molecule has 1 aromatic heterocycles. The maximum Gasteiger partial charge on any atom is 0.139 e. The molecule has 4 aromatic rings. The second kappa shape index (κ2) is 9.98. The lowest BCUT2D eigenvalue weighted by atomic mass is 10.1. The maximum absolute atomic E-state index is 10.3. The van der Waals surface area contributed by atoms with E-state index in [0.717, 1.165) is 27.6 Å². The van der Waals surface area contributed by atoms with Crippen LogP contribution in [0, 0.1) is 0 Å². The quantitative estimate of drug-likeness (QED) is 0.213. The topological polar surface area (TPSA) is 66.5 Å². The van der Waals surface area contributed by atoms with Gasteiger partial charge in [-0.2, -0.15) is 0 Å². The summed E-state index contributed by atoms with van der Waals surface area (Å²) in [7, 11) is 0. The molecule has 0 bridgehead atoms. The maximum atomic E-state index is 10.3. The molecule has 31 heavy (non-hydrogen) atoms. The van der Waals surface area contributed by atoms with Gasteiger partial charge >= 0.3 is 0 Å². The van der Waals surface area contributed by atoms with Crippen LogP contribution < -0.4 is 14.8 Å². The third kappa shape index (κ3) is 5.20. The van der Waals surface area contributed by atoms with Gasteiger partial charge in [0.2, 0.25) is 0 Å². The van der Waals surface area contributed by atoms with Gasteiger partial charge in [0.05, 0.1) is 20.6 Å². The van der Waals surface area contributed by atoms with Gasteiger partial charge in [-0.25, -0.2) is 0 Å². The number of ether oxygens (including phenoxy) is 2. The molecule has 0 saturated heterocycles. The van der Waals surface area contributed by atoms with Crippen LogP contribution in [0.15, 0.2) is 54.6 Å². The van der Waals surface area contributed by atoms with Crippen molar-refractivity contribution in [3.05, 3.63) is 69.7 Å². The van der Waals surface area contributed by atoms with E-state index in [1.165, 1.54) is 0 Å². The van der Waals surface area contributed by atoms with Crippen LogP contribution in [0.2, 0.25) is 15.1 Å². The number of aromatic amines is 1. The number of para-hydroxylation sites is 1. The van der Waals surface area contributed by atoms with Crippen molar-refractivity contribution in [2.24, 2.45) is 0 Å². The number of rotatable bonds is 9. The number of aliphatic hydroxyl groups excluding tert-OH is 1. The molecule has 0 spiro atoms. The van der Waals surface area contributed by atoms with Crippen molar-refractivity contribution in [1.82, 2.24) is 10.3 Å². The molecule has 1 heterocycles. The summed E-state index contributed by atoms with van der Waals surface area (Å²) in [6.07, 6.45) is -0.672. The van der Waals surface area contributed by atoms with Crippen molar-refractivity contribution in [1.29, 1.82) is 0 Å². The van der Waals surface area contributed by atoms with E-state index in [0.29, 0.717) is 40.5 Å². The highest BCUT2D eigenvalue weighted by molar-refractivity contribution is 6.43. The van der Waals surface area contributed by atoms with Crippen LogP contribution in [0.5, 0.6) is 11.5 Å². The molecule has 0 radical (unpaired) electrons. The zero-order chi connectivity index (χ0) is 21.8. The summed E-state index contributed by atoms with van der Waals surface area (Å²) < 4.78 is 11.5. The predicted molar refractivity (Wildman–Crippen MR) is 127 cm³/mol.